The number of rotatable bonds is 2. The van der Waals surface area contributed by atoms with Crippen LogP contribution in [0.2, 0.25) is 5.02 Å². The summed E-state index contributed by atoms with van der Waals surface area (Å²) in [4.78, 5) is 16.3. The standard InChI is InChI=1S/C16H23ClN2O/c1-11(2)16(20)19-7-5-18(6-8-19)15-13(4)9-12(3)10-14(15)17/h9-11H,5-8H2,1-4H3. The molecule has 1 amide bonds. The van der Waals surface area contributed by atoms with E-state index in [1.165, 1.54) is 11.1 Å². The van der Waals surface area contributed by atoms with Gasteiger partial charge in [0.1, 0.15) is 0 Å². The summed E-state index contributed by atoms with van der Waals surface area (Å²) >= 11 is 6.40. The van der Waals surface area contributed by atoms with Crippen LogP contribution in [0.4, 0.5) is 5.69 Å². The summed E-state index contributed by atoms with van der Waals surface area (Å²) in [7, 11) is 0. The first kappa shape index (κ1) is 15.2. The SMILES string of the molecule is Cc1cc(C)c(N2CCN(C(=O)C(C)C)CC2)c(Cl)c1. The lowest BCUT2D eigenvalue weighted by Gasteiger charge is -2.38. The Morgan fingerprint density at radius 1 is 1.15 bits per heavy atom. The van der Waals surface area contributed by atoms with Gasteiger partial charge in [-0.2, -0.15) is 0 Å². The molecule has 0 radical (unpaired) electrons. The van der Waals surface area contributed by atoms with Gasteiger partial charge in [0.05, 0.1) is 10.7 Å². The number of amides is 1. The average molecular weight is 295 g/mol. The summed E-state index contributed by atoms with van der Waals surface area (Å²) in [5, 5.41) is 0.811. The second-order valence-electron chi connectivity index (χ2n) is 5.88. The number of halogens is 1. The van der Waals surface area contributed by atoms with Crippen molar-refractivity contribution in [2.24, 2.45) is 5.92 Å². The summed E-state index contributed by atoms with van der Waals surface area (Å²) < 4.78 is 0. The molecule has 1 aliphatic heterocycles. The maximum absolute atomic E-state index is 12.0. The molecule has 0 aliphatic carbocycles. The third-order valence-electron chi connectivity index (χ3n) is 3.80. The Balaban J connectivity index is 2.10. The van der Waals surface area contributed by atoms with Gasteiger partial charge in [-0.05, 0) is 31.0 Å². The molecule has 3 nitrogen and oxygen atoms in total. The first-order valence-electron chi connectivity index (χ1n) is 7.20. The Morgan fingerprint density at radius 2 is 1.75 bits per heavy atom. The van der Waals surface area contributed by atoms with E-state index in [0.717, 1.165) is 36.9 Å². The molecular weight excluding hydrogens is 272 g/mol. The van der Waals surface area contributed by atoms with Crippen LogP contribution < -0.4 is 4.90 Å². The molecule has 1 heterocycles. The van der Waals surface area contributed by atoms with Gasteiger partial charge >= 0.3 is 0 Å². The first-order valence-corrected chi connectivity index (χ1v) is 7.58. The molecule has 0 atom stereocenters. The lowest BCUT2D eigenvalue weighted by atomic mass is 10.1. The molecule has 0 N–H and O–H groups in total. The summed E-state index contributed by atoms with van der Waals surface area (Å²) in [5.41, 5.74) is 3.51. The van der Waals surface area contributed by atoms with Crippen LogP contribution in [0.1, 0.15) is 25.0 Å². The highest BCUT2D eigenvalue weighted by Gasteiger charge is 2.24. The fourth-order valence-electron chi connectivity index (χ4n) is 2.82. The number of carbonyl (C=O) groups excluding carboxylic acids is 1. The third-order valence-corrected chi connectivity index (χ3v) is 4.09. The van der Waals surface area contributed by atoms with E-state index in [2.05, 4.69) is 24.8 Å². The van der Waals surface area contributed by atoms with E-state index in [-0.39, 0.29) is 11.8 Å². The fourth-order valence-corrected chi connectivity index (χ4v) is 3.26. The Labute approximate surface area is 126 Å². The number of aryl methyl sites for hydroxylation is 2. The molecule has 1 aromatic rings. The van der Waals surface area contributed by atoms with Crippen molar-refractivity contribution >= 4 is 23.2 Å². The van der Waals surface area contributed by atoms with Gasteiger partial charge in [0, 0.05) is 32.1 Å². The number of benzene rings is 1. The molecule has 110 valence electrons. The predicted molar refractivity (Wildman–Crippen MR) is 84.6 cm³/mol. The van der Waals surface area contributed by atoms with Crippen molar-refractivity contribution < 1.29 is 4.79 Å². The van der Waals surface area contributed by atoms with E-state index in [4.69, 9.17) is 11.6 Å². The minimum atomic E-state index is 0.0752. The molecule has 0 unspecified atom stereocenters. The number of hydrogen-bond acceptors (Lipinski definition) is 2. The van der Waals surface area contributed by atoms with Crippen molar-refractivity contribution in [3.05, 3.63) is 28.3 Å². The molecule has 0 spiro atoms. The van der Waals surface area contributed by atoms with Gasteiger partial charge in [-0.15, -0.1) is 0 Å². The van der Waals surface area contributed by atoms with Crippen molar-refractivity contribution in [1.82, 2.24) is 4.90 Å². The molecule has 1 aromatic carbocycles. The predicted octanol–water partition coefficient (Wildman–Crippen LogP) is 3.26. The van der Waals surface area contributed by atoms with Crippen LogP contribution in [0.15, 0.2) is 12.1 Å². The molecule has 0 bridgehead atoms. The van der Waals surface area contributed by atoms with Crippen molar-refractivity contribution in [2.45, 2.75) is 27.7 Å². The average Bonchev–Trinajstić information content (AvgIpc) is 2.37. The maximum atomic E-state index is 12.0. The molecule has 20 heavy (non-hydrogen) atoms. The summed E-state index contributed by atoms with van der Waals surface area (Å²) in [6, 6.07) is 4.17. The molecule has 2 rings (SSSR count). The quantitative estimate of drug-likeness (QED) is 0.836. The van der Waals surface area contributed by atoms with E-state index in [1.54, 1.807) is 0 Å². The monoisotopic (exact) mass is 294 g/mol. The van der Waals surface area contributed by atoms with Crippen molar-refractivity contribution in [1.29, 1.82) is 0 Å². The van der Waals surface area contributed by atoms with Gasteiger partial charge in [0.25, 0.3) is 0 Å². The number of nitrogens with zero attached hydrogens (tertiary/aromatic N) is 2. The molecular formula is C16H23ClN2O. The highest BCUT2D eigenvalue weighted by molar-refractivity contribution is 6.33. The topological polar surface area (TPSA) is 23.6 Å². The number of hydrogen-bond donors (Lipinski definition) is 0. The first-order chi connectivity index (χ1) is 9.40. The highest BCUT2D eigenvalue weighted by Crippen LogP contribution is 2.31. The van der Waals surface area contributed by atoms with Crippen molar-refractivity contribution in [3.63, 3.8) is 0 Å². The van der Waals surface area contributed by atoms with E-state index < -0.39 is 0 Å². The zero-order valence-electron chi connectivity index (χ0n) is 12.7. The van der Waals surface area contributed by atoms with E-state index >= 15 is 0 Å². The maximum Gasteiger partial charge on any atom is 0.225 e. The van der Waals surface area contributed by atoms with Gasteiger partial charge < -0.3 is 9.80 Å². The fraction of sp³-hybridized carbons (Fsp3) is 0.562. The Kier molecular flexibility index (Phi) is 4.59. The van der Waals surface area contributed by atoms with Crippen LogP contribution in [-0.4, -0.2) is 37.0 Å². The van der Waals surface area contributed by atoms with Gasteiger partial charge in [0.2, 0.25) is 5.91 Å². The molecule has 1 aliphatic rings. The number of piperazine rings is 1. The highest BCUT2D eigenvalue weighted by atomic mass is 35.5. The second-order valence-corrected chi connectivity index (χ2v) is 6.29. The van der Waals surface area contributed by atoms with Gasteiger partial charge in [-0.1, -0.05) is 31.5 Å². The van der Waals surface area contributed by atoms with E-state index in [1.807, 2.05) is 24.8 Å². The van der Waals surface area contributed by atoms with Crippen LogP contribution >= 0.6 is 11.6 Å². The smallest absolute Gasteiger partial charge is 0.225 e. The van der Waals surface area contributed by atoms with Crippen molar-refractivity contribution in [2.75, 3.05) is 31.1 Å². The van der Waals surface area contributed by atoms with Crippen LogP contribution in [0.3, 0.4) is 0 Å². The third kappa shape index (κ3) is 3.09. The number of anilines is 1. The van der Waals surface area contributed by atoms with E-state index in [0.29, 0.717) is 0 Å². The van der Waals surface area contributed by atoms with Gasteiger partial charge in [-0.25, -0.2) is 0 Å². The van der Waals surface area contributed by atoms with Crippen LogP contribution in [0.25, 0.3) is 0 Å². The molecule has 1 saturated heterocycles. The lowest BCUT2D eigenvalue weighted by Crippen LogP contribution is -2.50. The summed E-state index contributed by atoms with van der Waals surface area (Å²) in [5.74, 6) is 0.322. The van der Waals surface area contributed by atoms with E-state index in [9.17, 15) is 4.79 Å². The molecule has 0 aromatic heterocycles. The van der Waals surface area contributed by atoms with Gasteiger partial charge in [0.15, 0.2) is 0 Å². The largest absolute Gasteiger partial charge is 0.367 e. The Morgan fingerprint density at radius 3 is 2.25 bits per heavy atom. The molecule has 1 fully saturated rings. The Bertz CT molecular complexity index is 482. The van der Waals surface area contributed by atoms with Crippen molar-refractivity contribution in [3.8, 4) is 0 Å². The van der Waals surface area contributed by atoms with Crippen LogP contribution in [0, 0.1) is 19.8 Å². The minimum absolute atomic E-state index is 0.0752. The zero-order valence-corrected chi connectivity index (χ0v) is 13.5. The minimum Gasteiger partial charge on any atom is -0.367 e. The van der Waals surface area contributed by atoms with Crippen LogP contribution in [0.5, 0.6) is 0 Å². The van der Waals surface area contributed by atoms with Crippen LogP contribution in [-0.2, 0) is 4.79 Å². The van der Waals surface area contributed by atoms with Gasteiger partial charge in [-0.3, -0.25) is 4.79 Å². The Hall–Kier alpha value is -1.22. The molecule has 4 heteroatoms. The summed E-state index contributed by atoms with van der Waals surface area (Å²) in [6.45, 7) is 11.3. The number of carbonyl (C=O) groups is 1. The lowest BCUT2D eigenvalue weighted by molar-refractivity contribution is -0.134. The summed E-state index contributed by atoms with van der Waals surface area (Å²) in [6.07, 6.45) is 0. The normalized spacial score (nSPS) is 15.9. The zero-order chi connectivity index (χ0) is 14.9. The molecule has 0 saturated carbocycles. The second kappa shape index (κ2) is 6.04.